The van der Waals surface area contributed by atoms with Gasteiger partial charge in [0.05, 0.1) is 0 Å². The Labute approximate surface area is 107 Å². The van der Waals surface area contributed by atoms with Gasteiger partial charge in [-0.15, -0.1) is 0 Å². The van der Waals surface area contributed by atoms with E-state index in [-0.39, 0.29) is 6.04 Å². The normalized spacial score (nSPS) is 25.7. The smallest absolute Gasteiger partial charge is 0.155 e. The minimum absolute atomic E-state index is 0.244. The van der Waals surface area contributed by atoms with Crippen molar-refractivity contribution in [1.82, 2.24) is 19.5 Å². The molecular weight excluding hydrogens is 226 g/mol. The molecule has 2 unspecified atom stereocenters. The van der Waals surface area contributed by atoms with Crippen LogP contribution >= 0.6 is 0 Å². The SMILES string of the molecule is Cc1nc2cccc(C3CC(N)CN(C)C3)n2n1. The van der Waals surface area contributed by atoms with Crippen LogP contribution in [0, 0.1) is 6.92 Å². The second-order valence-electron chi connectivity index (χ2n) is 5.29. The molecule has 0 bridgehead atoms. The van der Waals surface area contributed by atoms with Crippen molar-refractivity contribution < 1.29 is 0 Å². The Morgan fingerprint density at radius 1 is 1.33 bits per heavy atom. The Bertz CT molecular complexity index is 552. The van der Waals surface area contributed by atoms with Crippen molar-refractivity contribution in [2.45, 2.75) is 25.3 Å². The van der Waals surface area contributed by atoms with Crippen LogP contribution in [0.3, 0.4) is 0 Å². The van der Waals surface area contributed by atoms with Gasteiger partial charge in [-0.1, -0.05) is 6.07 Å². The van der Waals surface area contributed by atoms with Gasteiger partial charge in [0.1, 0.15) is 5.82 Å². The first-order valence-corrected chi connectivity index (χ1v) is 6.40. The number of piperidine rings is 1. The van der Waals surface area contributed by atoms with E-state index in [1.807, 2.05) is 17.5 Å². The summed E-state index contributed by atoms with van der Waals surface area (Å²) >= 11 is 0. The summed E-state index contributed by atoms with van der Waals surface area (Å²) in [4.78, 5) is 6.71. The molecule has 2 N–H and O–H groups in total. The van der Waals surface area contributed by atoms with Crippen molar-refractivity contribution in [3.63, 3.8) is 0 Å². The van der Waals surface area contributed by atoms with Crippen LogP contribution in [-0.2, 0) is 0 Å². The molecule has 2 aromatic heterocycles. The molecule has 5 heteroatoms. The van der Waals surface area contributed by atoms with Gasteiger partial charge in [-0.05, 0) is 32.5 Å². The summed E-state index contributed by atoms with van der Waals surface area (Å²) in [7, 11) is 2.12. The van der Waals surface area contributed by atoms with Crippen LogP contribution in [0.5, 0.6) is 0 Å². The number of aromatic nitrogens is 3. The number of aryl methyl sites for hydroxylation is 1. The van der Waals surface area contributed by atoms with Gasteiger partial charge in [-0.2, -0.15) is 5.10 Å². The third-order valence-electron chi connectivity index (χ3n) is 3.58. The molecule has 1 aliphatic rings. The Morgan fingerprint density at radius 2 is 2.17 bits per heavy atom. The molecule has 2 atom stereocenters. The highest BCUT2D eigenvalue weighted by Gasteiger charge is 2.26. The van der Waals surface area contributed by atoms with E-state index in [9.17, 15) is 0 Å². The van der Waals surface area contributed by atoms with Gasteiger partial charge in [0, 0.05) is 30.7 Å². The first-order valence-electron chi connectivity index (χ1n) is 6.40. The minimum Gasteiger partial charge on any atom is -0.327 e. The summed E-state index contributed by atoms with van der Waals surface area (Å²) in [5.41, 5.74) is 8.26. The molecule has 1 aliphatic heterocycles. The summed E-state index contributed by atoms with van der Waals surface area (Å²) in [5.74, 6) is 1.25. The van der Waals surface area contributed by atoms with E-state index in [0.717, 1.165) is 31.0 Å². The van der Waals surface area contributed by atoms with Crippen LogP contribution in [0.1, 0.15) is 23.9 Å². The number of likely N-dealkylation sites (tertiary alicyclic amines) is 1. The molecule has 0 aromatic carbocycles. The second kappa shape index (κ2) is 4.33. The maximum atomic E-state index is 6.12. The number of nitrogens with two attached hydrogens (primary N) is 1. The fourth-order valence-electron chi connectivity index (χ4n) is 2.92. The Hall–Kier alpha value is -1.46. The number of fused-ring (bicyclic) bond motifs is 1. The number of nitrogens with zero attached hydrogens (tertiary/aromatic N) is 4. The lowest BCUT2D eigenvalue weighted by Crippen LogP contribution is -2.44. The topological polar surface area (TPSA) is 59.5 Å². The molecular formula is C13H19N5. The van der Waals surface area contributed by atoms with Crippen molar-refractivity contribution >= 4 is 5.65 Å². The fourth-order valence-corrected chi connectivity index (χ4v) is 2.92. The van der Waals surface area contributed by atoms with Crippen LogP contribution in [0.15, 0.2) is 18.2 Å². The molecule has 0 saturated carbocycles. The lowest BCUT2D eigenvalue weighted by molar-refractivity contribution is 0.223. The summed E-state index contributed by atoms with van der Waals surface area (Å²) in [5, 5.41) is 4.48. The molecule has 3 rings (SSSR count). The third kappa shape index (κ3) is 2.00. The average Bonchev–Trinajstić information content (AvgIpc) is 2.67. The van der Waals surface area contributed by atoms with Crippen LogP contribution < -0.4 is 5.73 Å². The summed E-state index contributed by atoms with van der Waals surface area (Å²) in [6.45, 7) is 3.93. The van der Waals surface area contributed by atoms with Gasteiger partial charge in [-0.25, -0.2) is 9.50 Å². The quantitative estimate of drug-likeness (QED) is 0.806. The first-order chi connectivity index (χ1) is 8.63. The number of hydrogen-bond donors (Lipinski definition) is 1. The maximum Gasteiger partial charge on any atom is 0.155 e. The largest absolute Gasteiger partial charge is 0.327 e. The number of likely N-dealkylation sites (N-methyl/N-ethyl adjacent to an activating group) is 1. The fraction of sp³-hybridized carbons (Fsp3) is 0.538. The van der Waals surface area contributed by atoms with Gasteiger partial charge >= 0.3 is 0 Å². The van der Waals surface area contributed by atoms with Gasteiger partial charge < -0.3 is 10.6 Å². The molecule has 1 fully saturated rings. The molecule has 0 spiro atoms. The highest BCUT2D eigenvalue weighted by atomic mass is 15.3. The van der Waals surface area contributed by atoms with E-state index < -0.39 is 0 Å². The van der Waals surface area contributed by atoms with Gasteiger partial charge in [0.15, 0.2) is 5.65 Å². The number of pyridine rings is 1. The molecule has 96 valence electrons. The number of rotatable bonds is 1. The molecule has 3 heterocycles. The second-order valence-corrected chi connectivity index (χ2v) is 5.29. The predicted molar refractivity (Wildman–Crippen MR) is 70.6 cm³/mol. The van der Waals surface area contributed by atoms with E-state index in [1.165, 1.54) is 5.69 Å². The number of hydrogen-bond acceptors (Lipinski definition) is 4. The van der Waals surface area contributed by atoms with Crippen LogP contribution in [0.2, 0.25) is 0 Å². The highest BCUT2D eigenvalue weighted by Crippen LogP contribution is 2.25. The molecule has 0 radical (unpaired) electrons. The average molecular weight is 245 g/mol. The van der Waals surface area contributed by atoms with Crippen molar-refractivity contribution in [1.29, 1.82) is 0 Å². The third-order valence-corrected chi connectivity index (χ3v) is 3.58. The standard InChI is InChI=1S/C13H19N5/c1-9-15-13-5-3-4-12(18(13)16-9)10-6-11(14)8-17(2)7-10/h3-5,10-11H,6-8,14H2,1-2H3. The Morgan fingerprint density at radius 3 is 2.94 bits per heavy atom. The van der Waals surface area contributed by atoms with Gasteiger partial charge in [0.2, 0.25) is 0 Å². The molecule has 1 saturated heterocycles. The summed E-state index contributed by atoms with van der Waals surface area (Å²) in [6, 6.07) is 6.43. The van der Waals surface area contributed by atoms with E-state index in [4.69, 9.17) is 5.73 Å². The van der Waals surface area contributed by atoms with E-state index in [1.54, 1.807) is 0 Å². The lowest BCUT2D eigenvalue weighted by atomic mass is 9.92. The lowest BCUT2D eigenvalue weighted by Gasteiger charge is -2.33. The van der Waals surface area contributed by atoms with Crippen molar-refractivity contribution in [2.24, 2.45) is 5.73 Å². The summed E-state index contributed by atoms with van der Waals surface area (Å²) in [6.07, 6.45) is 1.02. The minimum atomic E-state index is 0.244. The molecule has 5 nitrogen and oxygen atoms in total. The Balaban J connectivity index is 2.02. The van der Waals surface area contributed by atoms with E-state index >= 15 is 0 Å². The zero-order chi connectivity index (χ0) is 12.7. The van der Waals surface area contributed by atoms with Crippen molar-refractivity contribution in [3.05, 3.63) is 29.7 Å². The Kier molecular flexibility index (Phi) is 2.80. The van der Waals surface area contributed by atoms with Crippen LogP contribution in [0.25, 0.3) is 5.65 Å². The van der Waals surface area contributed by atoms with Crippen molar-refractivity contribution in [3.8, 4) is 0 Å². The van der Waals surface area contributed by atoms with Gasteiger partial charge in [0.25, 0.3) is 0 Å². The van der Waals surface area contributed by atoms with E-state index in [0.29, 0.717) is 5.92 Å². The molecule has 0 amide bonds. The van der Waals surface area contributed by atoms with Gasteiger partial charge in [-0.3, -0.25) is 0 Å². The zero-order valence-corrected chi connectivity index (χ0v) is 10.9. The molecule has 18 heavy (non-hydrogen) atoms. The van der Waals surface area contributed by atoms with E-state index in [2.05, 4.69) is 34.2 Å². The van der Waals surface area contributed by atoms with Crippen molar-refractivity contribution in [2.75, 3.05) is 20.1 Å². The van der Waals surface area contributed by atoms with Crippen LogP contribution in [0.4, 0.5) is 0 Å². The monoisotopic (exact) mass is 245 g/mol. The predicted octanol–water partition coefficient (Wildman–Crippen LogP) is 0.784. The van der Waals surface area contributed by atoms with Crippen LogP contribution in [-0.4, -0.2) is 45.7 Å². The first kappa shape index (κ1) is 11.6. The molecule has 2 aromatic rings. The highest BCUT2D eigenvalue weighted by molar-refractivity contribution is 5.39. The summed E-state index contributed by atoms with van der Waals surface area (Å²) < 4.78 is 1.96. The molecule has 0 aliphatic carbocycles. The maximum absolute atomic E-state index is 6.12. The zero-order valence-electron chi connectivity index (χ0n) is 10.9.